The van der Waals surface area contributed by atoms with Crippen molar-refractivity contribution in [2.45, 2.75) is 45.6 Å². The summed E-state index contributed by atoms with van der Waals surface area (Å²) >= 11 is 0. The van der Waals surface area contributed by atoms with Crippen molar-refractivity contribution in [3.63, 3.8) is 0 Å². The standard InChI is InChI=1S/C18H28N2O.ClH/c1-3-11-19-15(2)18(21)20-12-9-17(10-13-20)14-16-7-5-4-6-8-16;/h4-8,15,17,19H,3,9-14H2,1-2H3;1H. The molecule has 0 bridgehead atoms. The van der Waals surface area contributed by atoms with E-state index in [1.165, 1.54) is 5.56 Å². The molecule has 1 aromatic rings. The Kier molecular flexibility index (Phi) is 8.51. The zero-order valence-corrected chi connectivity index (χ0v) is 14.6. The molecule has 0 saturated carbocycles. The molecule has 1 aliphatic rings. The molecule has 1 N–H and O–H groups in total. The molecule has 1 aromatic carbocycles. The van der Waals surface area contributed by atoms with E-state index in [9.17, 15) is 4.79 Å². The van der Waals surface area contributed by atoms with E-state index in [0.717, 1.165) is 51.2 Å². The van der Waals surface area contributed by atoms with E-state index in [0.29, 0.717) is 0 Å². The third kappa shape index (κ3) is 5.62. The van der Waals surface area contributed by atoms with E-state index in [-0.39, 0.29) is 24.4 Å². The number of piperidine rings is 1. The Morgan fingerprint density at radius 1 is 1.27 bits per heavy atom. The van der Waals surface area contributed by atoms with Crippen molar-refractivity contribution in [1.82, 2.24) is 10.2 Å². The van der Waals surface area contributed by atoms with Crippen molar-refractivity contribution in [2.24, 2.45) is 5.92 Å². The quantitative estimate of drug-likeness (QED) is 0.871. The minimum atomic E-state index is -0.0457. The lowest BCUT2D eigenvalue weighted by atomic mass is 9.90. The van der Waals surface area contributed by atoms with Gasteiger partial charge >= 0.3 is 0 Å². The second kappa shape index (κ2) is 9.86. The Balaban J connectivity index is 0.00000242. The van der Waals surface area contributed by atoms with Crippen molar-refractivity contribution in [3.05, 3.63) is 35.9 Å². The Morgan fingerprint density at radius 2 is 1.91 bits per heavy atom. The number of carbonyl (C=O) groups excluding carboxylic acids is 1. The molecule has 4 heteroatoms. The van der Waals surface area contributed by atoms with Gasteiger partial charge in [0.25, 0.3) is 0 Å². The molecule has 1 saturated heterocycles. The molecule has 2 rings (SSSR count). The molecule has 1 amide bonds. The molecule has 124 valence electrons. The average Bonchev–Trinajstić information content (AvgIpc) is 2.53. The summed E-state index contributed by atoms with van der Waals surface area (Å²) < 4.78 is 0. The Bertz CT molecular complexity index is 430. The van der Waals surface area contributed by atoms with Crippen LogP contribution >= 0.6 is 12.4 Å². The monoisotopic (exact) mass is 324 g/mol. The first-order valence-electron chi connectivity index (χ1n) is 8.26. The van der Waals surface area contributed by atoms with E-state index in [1.807, 2.05) is 11.8 Å². The van der Waals surface area contributed by atoms with Crippen LogP contribution in [0.1, 0.15) is 38.7 Å². The Hall–Kier alpha value is -1.06. The van der Waals surface area contributed by atoms with Crippen molar-refractivity contribution < 1.29 is 4.79 Å². The summed E-state index contributed by atoms with van der Waals surface area (Å²) in [5, 5.41) is 3.29. The van der Waals surface area contributed by atoms with Crippen LogP contribution in [0.5, 0.6) is 0 Å². The van der Waals surface area contributed by atoms with Crippen LogP contribution in [0.4, 0.5) is 0 Å². The van der Waals surface area contributed by atoms with Crippen LogP contribution in [-0.2, 0) is 11.2 Å². The van der Waals surface area contributed by atoms with Gasteiger partial charge in [0.2, 0.25) is 5.91 Å². The summed E-state index contributed by atoms with van der Waals surface area (Å²) in [6.07, 6.45) is 4.46. The van der Waals surface area contributed by atoms with Gasteiger partial charge in [-0.2, -0.15) is 0 Å². The van der Waals surface area contributed by atoms with Crippen LogP contribution in [0.15, 0.2) is 30.3 Å². The second-order valence-electron chi connectivity index (χ2n) is 6.13. The molecule has 1 atom stereocenters. The van der Waals surface area contributed by atoms with E-state index < -0.39 is 0 Å². The van der Waals surface area contributed by atoms with Crippen molar-refractivity contribution >= 4 is 18.3 Å². The van der Waals surface area contributed by atoms with Crippen LogP contribution in [0.25, 0.3) is 0 Å². The average molecular weight is 325 g/mol. The summed E-state index contributed by atoms with van der Waals surface area (Å²) in [5.41, 5.74) is 1.42. The lowest BCUT2D eigenvalue weighted by Crippen LogP contribution is -2.48. The minimum Gasteiger partial charge on any atom is -0.341 e. The lowest BCUT2D eigenvalue weighted by molar-refractivity contribution is -0.134. The van der Waals surface area contributed by atoms with Gasteiger partial charge in [-0.25, -0.2) is 0 Å². The highest BCUT2D eigenvalue weighted by molar-refractivity contribution is 5.85. The first-order valence-corrected chi connectivity index (χ1v) is 8.26. The number of likely N-dealkylation sites (tertiary alicyclic amines) is 1. The zero-order chi connectivity index (χ0) is 15.1. The number of halogens is 1. The Morgan fingerprint density at radius 3 is 2.50 bits per heavy atom. The fourth-order valence-electron chi connectivity index (χ4n) is 3.03. The van der Waals surface area contributed by atoms with Crippen LogP contribution in [0.3, 0.4) is 0 Å². The van der Waals surface area contributed by atoms with Crippen molar-refractivity contribution in [3.8, 4) is 0 Å². The molecule has 1 aliphatic heterocycles. The first kappa shape index (κ1) is 19.0. The summed E-state index contributed by atoms with van der Waals surface area (Å²) in [6.45, 7) is 6.84. The predicted octanol–water partition coefficient (Wildman–Crippen LogP) is 3.28. The maximum absolute atomic E-state index is 12.3. The second-order valence-corrected chi connectivity index (χ2v) is 6.13. The molecule has 1 fully saturated rings. The number of nitrogens with zero attached hydrogens (tertiary/aromatic N) is 1. The highest BCUT2D eigenvalue weighted by Crippen LogP contribution is 2.22. The number of benzene rings is 1. The predicted molar refractivity (Wildman–Crippen MR) is 94.5 cm³/mol. The molecule has 1 heterocycles. The maximum atomic E-state index is 12.3. The van der Waals surface area contributed by atoms with E-state index in [2.05, 4.69) is 42.6 Å². The van der Waals surface area contributed by atoms with E-state index in [1.54, 1.807) is 0 Å². The van der Waals surface area contributed by atoms with Gasteiger partial charge in [-0.3, -0.25) is 4.79 Å². The van der Waals surface area contributed by atoms with Crippen molar-refractivity contribution in [1.29, 1.82) is 0 Å². The molecule has 0 aromatic heterocycles. The smallest absolute Gasteiger partial charge is 0.239 e. The third-order valence-corrected chi connectivity index (χ3v) is 4.36. The third-order valence-electron chi connectivity index (χ3n) is 4.36. The van der Waals surface area contributed by atoms with Gasteiger partial charge < -0.3 is 10.2 Å². The summed E-state index contributed by atoms with van der Waals surface area (Å²) in [7, 11) is 0. The number of hydrogen-bond donors (Lipinski definition) is 1. The molecule has 1 unspecified atom stereocenters. The van der Waals surface area contributed by atoms with Crippen molar-refractivity contribution in [2.75, 3.05) is 19.6 Å². The number of amides is 1. The first-order chi connectivity index (χ1) is 10.2. The van der Waals surface area contributed by atoms with E-state index >= 15 is 0 Å². The molecule has 22 heavy (non-hydrogen) atoms. The fraction of sp³-hybridized carbons (Fsp3) is 0.611. The Labute approximate surface area is 140 Å². The van der Waals surface area contributed by atoms with E-state index in [4.69, 9.17) is 0 Å². The molecular weight excluding hydrogens is 296 g/mol. The fourth-order valence-corrected chi connectivity index (χ4v) is 3.03. The lowest BCUT2D eigenvalue weighted by Gasteiger charge is -2.34. The largest absolute Gasteiger partial charge is 0.341 e. The van der Waals surface area contributed by atoms with Gasteiger partial charge in [-0.1, -0.05) is 37.3 Å². The van der Waals surface area contributed by atoms with Crippen LogP contribution < -0.4 is 5.32 Å². The number of rotatable bonds is 6. The minimum absolute atomic E-state index is 0. The molecule has 3 nitrogen and oxygen atoms in total. The number of nitrogens with one attached hydrogen (secondary N) is 1. The maximum Gasteiger partial charge on any atom is 0.239 e. The number of carbonyl (C=O) groups is 1. The number of hydrogen-bond acceptors (Lipinski definition) is 2. The summed E-state index contributed by atoms with van der Waals surface area (Å²) in [6, 6.07) is 10.6. The van der Waals surface area contributed by atoms with Gasteiger partial charge in [-0.15, -0.1) is 12.4 Å². The highest BCUT2D eigenvalue weighted by atomic mass is 35.5. The summed E-state index contributed by atoms with van der Waals surface area (Å²) in [5.74, 6) is 0.983. The molecule has 0 spiro atoms. The van der Waals surface area contributed by atoms with Crippen LogP contribution in [-0.4, -0.2) is 36.5 Å². The van der Waals surface area contributed by atoms with Gasteiger partial charge in [0, 0.05) is 13.1 Å². The SMILES string of the molecule is CCCNC(C)C(=O)N1CCC(Cc2ccccc2)CC1.Cl. The molecule has 0 radical (unpaired) electrons. The van der Waals surface area contributed by atoms with Crippen LogP contribution in [0, 0.1) is 5.92 Å². The highest BCUT2D eigenvalue weighted by Gasteiger charge is 2.25. The van der Waals surface area contributed by atoms with Gasteiger partial charge in [-0.05, 0) is 50.6 Å². The van der Waals surface area contributed by atoms with Gasteiger partial charge in [0.1, 0.15) is 0 Å². The molecular formula is C18H29ClN2O. The normalized spacial score (nSPS) is 16.9. The topological polar surface area (TPSA) is 32.3 Å². The van der Waals surface area contributed by atoms with Gasteiger partial charge in [0.05, 0.1) is 6.04 Å². The van der Waals surface area contributed by atoms with Crippen LogP contribution in [0.2, 0.25) is 0 Å². The summed E-state index contributed by atoms with van der Waals surface area (Å²) in [4.78, 5) is 14.4. The van der Waals surface area contributed by atoms with Gasteiger partial charge in [0.15, 0.2) is 0 Å². The molecule has 0 aliphatic carbocycles. The zero-order valence-electron chi connectivity index (χ0n) is 13.8.